The van der Waals surface area contributed by atoms with Crippen molar-refractivity contribution >= 4 is 29.7 Å². The molecule has 2 amide bonds. The highest BCUT2D eigenvalue weighted by molar-refractivity contribution is 7.99. The summed E-state index contributed by atoms with van der Waals surface area (Å²) in [7, 11) is 1.59. The highest BCUT2D eigenvalue weighted by atomic mass is 32.2. The smallest absolute Gasteiger partial charge is 0.247 e. The van der Waals surface area contributed by atoms with E-state index in [0.717, 1.165) is 31.5 Å². The Bertz CT molecular complexity index is 744. The van der Waals surface area contributed by atoms with Gasteiger partial charge in [0.2, 0.25) is 11.8 Å². The van der Waals surface area contributed by atoms with Crippen LogP contribution in [-0.4, -0.2) is 65.6 Å². The Morgan fingerprint density at radius 1 is 1.21 bits per heavy atom. The molecule has 0 aromatic heterocycles. The Balaban J connectivity index is 1.67. The first-order chi connectivity index (χ1) is 13.5. The van der Waals surface area contributed by atoms with Crippen LogP contribution in [0.2, 0.25) is 0 Å². The van der Waals surface area contributed by atoms with Gasteiger partial charge in [0.25, 0.3) is 0 Å². The second-order valence-corrected chi connectivity index (χ2v) is 8.27. The van der Waals surface area contributed by atoms with Gasteiger partial charge in [-0.05, 0) is 50.5 Å². The van der Waals surface area contributed by atoms with E-state index in [1.54, 1.807) is 29.8 Å². The summed E-state index contributed by atoms with van der Waals surface area (Å²) >= 11 is 1.63. The van der Waals surface area contributed by atoms with E-state index in [2.05, 4.69) is 0 Å². The Labute approximate surface area is 170 Å². The van der Waals surface area contributed by atoms with Crippen LogP contribution in [-0.2, 0) is 9.59 Å². The lowest BCUT2D eigenvalue weighted by Crippen LogP contribution is -2.47. The fourth-order valence-corrected chi connectivity index (χ4v) is 4.57. The average molecular weight is 405 g/mol. The monoisotopic (exact) mass is 404 g/mol. The third-order valence-corrected chi connectivity index (χ3v) is 5.85. The molecule has 0 spiro atoms. The summed E-state index contributed by atoms with van der Waals surface area (Å²) in [5.41, 5.74) is 0.843. The van der Waals surface area contributed by atoms with Crippen LogP contribution < -0.4 is 9.47 Å². The molecule has 0 bridgehead atoms. The molecule has 0 N–H and O–H groups in total. The molecule has 2 saturated heterocycles. The Kier molecular flexibility index (Phi) is 6.88. The lowest BCUT2D eigenvalue weighted by atomic mass is 10.1. The number of methoxy groups -OCH3 is 1. The van der Waals surface area contributed by atoms with Gasteiger partial charge in [-0.1, -0.05) is 6.07 Å². The van der Waals surface area contributed by atoms with Crippen LogP contribution in [0.4, 0.5) is 0 Å². The maximum atomic E-state index is 12.7. The SMILES string of the molecule is COc1cc(/C=C\C(=O)N2CSC[C@@H]2C(=O)N2CCCC2)ccc1OC(C)C. The number of hydrogen-bond donors (Lipinski definition) is 0. The highest BCUT2D eigenvalue weighted by Gasteiger charge is 2.36. The molecule has 1 atom stereocenters. The number of carbonyl (C=O) groups excluding carboxylic acids is 2. The van der Waals surface area contributed by atoms with Gasteiger partial charge < -0.3 is 19.3 Å². The lowest BCUT2D eigenvalue weighted by Gasteiger charge is -2.26. The van der Waals surface area contributed by atoms with Gasteiger partial charge in [-0.2, -0.15) is 0 Å². The van der Waals surface area contributed by atoms with Gasteiger partial charge in [0.15, 0.2) is 11.5 Å². The maximum absolute atomic E-state index is 12.7. The third-order valence-electron chi connectivity index (χ3n) is 4.84. The van der Waals surface area contributed by atoms with Gasteiger partial charge in [-0.15, -0.1) is 11.8 Å². The molecule has 0 saturated carbocycles. The van der Waals surface area contributed by atoms with Crippen LogP contribution in [0.5, 0.6) is 11.5 Å². The first-order valence-corrected chi connectivity index (χ1v) is 10.8. The number of ether oxygens (including phenoxy) is 2. The molecular formula is C21H28N2O4S. The molecule has 0 radical (unpaired) electrons. The summed E-state index contributed by atoms with van der Waals surface area (Å²) in [5, 5.41) is 0. The van der Waals surface area contributed by atoms with Crippen molar-refractivity contribution < 1.29 is 19.1 Å². The summed E-state index contributed by atoms with van der Waals surface area (Å²) < 4.78 is 11.1. The number of rotatable bonds is 6. The Morgan fingerprint density at radius 3 is 2.64 bits per heavy atom. The summed E-state index contributed by atoms with van der Waals surface area (Å²) in [5.74, 6) is 2.47. The van der Waals surface area contributed by atoms with E-state index in [-0.39, 0.29) is 24.0 Å². The third kappa shape index (κ3) is 4.82. The molecule has 7 heteroatoms. The fourth-order valence-electron chi connectivity index (χ4n) is 3.42. The normalized spacial score (nSPS) is 19.6. The molecule has 2 fully saturated rings. The van der Waals surface area contributed by atoms with Gasteiger partial charge >= 0.3 is 0 Å². The van der Waals surface area contributed by atoms with E-state index in [4.69, 9.17) is 9.47 Å². The van der Waals surface area contributed by atoms with Crippen LogP contribution in [0, 0.1) is 0 Å². The largest absolute Gasteiger partial charge is 0.493 e. The summed E-state index contributed by atoms with van der Waals surface area (Å²) in [4.78, 5) is 29.0. The van der Waals surface area contributed by atoms with E-state index in [1.807, 2.05) is 36.9 Å². The lowest BCUT2D eigenvalue weighted by molar-refractivity contribution is -0.140. The minimum atomic E-state index is -0.350. The fraction of sp³-hybridized carbons (Fsp3) is 0.524. The molecule has 28 heavy (non-hydrogen) atoms. The molecular weight excluding hydrogens is 376 g/mol. The van der Waals surface area contributed by atoms with Gasteiger partial charge in [0.05, 0.1) is 19.1 Å². The number of thioether (sulfide) groups is 1. The number of likely N-dealkylation sites (tertiary alicyclic amines) is 1. The van der Waals surface area contributed by atoms with Crippen molar-refractivity contribution in [3.63, 3.8) is 0 Å². The van der Waals surface area contributed by atoms with E-state index in [1.165, 1.54) is 6.08 Å². The van der Waals surface area contributed by atoms with Crippen molar-refractivity contribution in [1.82, 2.24) is 9.80 Å². The van der Waals surface area contributed by atoms with E-state index >= 15 is 0 Å². The summed E-state index contributed by atoms with van der Waals surface area (Å²) in [6, 6.07) is 5.22. The molecule has 2 aliphatic rings. The number of hydrogen-bond acceptors (Lipinski definition) is 5. The van der Waals surface area contributed by atoms with Crippen molar-refractivity contribution in [3.8, 4) is 11.5 Å². The molecule has 3 rings (SSSR count). The van der Waals surface area contributed by atoms with E-state index < -0.39 is 0 Å². The molecule has 1 aromatic rings. The van der Waals surface area contributed by atoms with E-state index in [9.17, 15) is 9.59 Å². The zero-order valence-electron chi connectivity index (χ0n) is 16.7. The first-order valence-electron chi connectivity index (χ1n) is 9.69. The highest BCUT2D eigenvalue weighted by Crippen LogP contribution is 2.30. The molecule has 0 aliphatic carbocycles. The van der Waals surface area contributed by atoms with Crippen molar-refractivity contribution in [2.75, 3.05) is 31.8 Å². The Hall–Kier alpha value is -2.15. The number of nitrogens with zero attached hydrogens (tertiary/aromatic N) is 2. The zero-order valence-corrected chi connectivity index (χ0v) is 17.5. The summed E-state index contributed by atoms with van der Waals surface area (Å²) in [6.07, 6.45) is 5.45. The van der Waals surface area contributed by atoms with Crippen LogP contribution >= 0.6 is 11.8 Å². The molecule has 152 valence electrons. The predicted molar refractivity (Wildman–Crippen MR) is 112 cm³/mol. The number of carbonyl (C=O) groups is 2. The predicted octanol–water partition coefficient (Wildman–Crippen LogP) is 3.02. The van der Waals surface area contributed by atoms with Gasteiger partial charge in [0, 0.05) is 24.9 Å². The van der Waals surface area contributed by atoms with Crippen molar-refractivity contribution in [1.29, 1.82) is 0 Å². The number of amides is 2. The average Bonchev–Trinajstić information content (AvgIpc) is 3.37. The van der Waals surface area contributed by atoms with Crippen molar-refractivity contribution in [2.45, 2.75) is 38.8 Å². The summed E-state index contributed by atoms with van der Waals surface area (Å²) in [6.45, 7) is 5.53. The van der Waals surface area contributed by atoms with Crippen LogP contribution in [0.1, 0.15) is 32.3 Å². The van der Waals surface area contributed by atoms with E-state index in [0.29, 0.717) is 23.1 Å². The maximum Gasteiger partial charge on any atom is 0.247 e. The standard InChI is InChI=1S/C21H28N2O4S/c1-15(2)27-18-8-6-16(12-19(18)26-3)7-9-20(24)23-14-28-13-17(23)21(25)22-10-4-5-11-22/h6-9,12,15,17H,4-5,10-11,13-14H2,1-3H3/b9-7-/t17-/m1/s1. The van der Waals surface area contributed by atoms with Crippen LogP contribution in [0.3, 0.4) is 0 Å². The molecule has 0 unspecified atom stereocenters. The minimum Gasteiger partial charge on any atom is -0.493 e. The molecule has 2 heterocycles. The molecule has 1 aromatic carbocycles. The number of benzene rings is 1. The quantitative estimate of drug-likeness (QED) is 0.682. The zero-order chi connectivity index (χ0) is 20.1. The molecule has 2 aliphatic heterocycles. The minimum absolute atomic E-state index is 0.0506. The molecule has 6 nitrogen and oxygen atoms in total. The second-order valence-electron chi connectivity index (χ2n) is 7.27. The van der Waals surface area contributed by atoms with Crippen LogP contribution in [0.15, 0.2) is 24.3 Å². The Morgan fingerprint density at radius 2 is 1.96 bits per heavy atom. The van der Waals surface area contributed by atoms with Crippen LogP contribution in [0.25, 0.3) is 6.08 Å². The topological polar surface area (TPSA) is 59.1 Å². The second kappa shape index (κ2) is 9.37. The van der Waals surface area contributed by atoms with Gasteiger partial charge in [-0.25, -0.2) is 0 Å². The first kappa shape index (κ1) is 20.6. The van der Waals surface area contributed by atoms with Crippen molar-refractivity contribution in [2.24, 2.45) is 0 Å². The van der Waals surface area contributed by atoms with Crippen molar-refractivity contribution in [3.05, 3.63) is 29.8 Å². The van der Waals surface area contributed by atoms with Gasteiger partial charge in [-0.3, -0.25) is 9.59 Å². The van der Waals surface area contributed by atoms with Gasteiger partial charge in [0.1, 0.15) is 6.04 Å².